The molecule has 0 bridgehead atoms. The predicted molar refractivity (Wildman–Crippen MR) is 91.6 cm³/mol. The fourth-order valence-corrected chi connectivity index (χ4v) is 2.51. The molecule has 1 N–H and O–H groups in total. The summed E-state index contributed by atoms with van der Waals surface area (Å²) in [5, 5.41) is 3.84. The van der Waals surface area contributed by atoms with Gasteiger partial charge in [0.1, 0.15) is 12.4 Å². The van der Waals surface area contributed by atoms with Gasteiger partial charge in [-0.15, -0.1) is 0 Å². The Kier molecular flexibility index (Phi) is 4.24. The second-order valence-corrected chi connectivity index (χ2v) is 5.43. The van der Waals surface area contributed by atoms with Gasteiger partial charge in [0.05, 0.1) is 5.52 Å². The number of pyridine rings is 1. The lowest BCUT2D eigenvalue weighted by Crippen LogP contribution is -2.05. The van der Waals surface area contributed by atoms with Crippen LogP contribution in [-0.2, 0) is 11.4 Å². The lowest BCUT2D eigenvalue weighted by atomic mass is 10.1. The Morgan fingerprint density at radius 1 is 1.13 bits per heavy atom. The second kappa shape index (κ2) is 6.48. The Hall–Kier alpha value is -2.88. The molecule has 0 aliphatic carbocycles. The molecule has 1 aromatic heterocycles. The van der Waals surface area contributed by atoms with Crippen LogP contribution in [0.15, 0.2) is 54.6 Å². The summed E-state index contributed by atoms with van der Waals surface area (Å²) in [4.78, 5) is 15.6. The first kappa shape index (κ1) is 15.0. The number of fused-ring (bicyclic) bond motifs is 1. The van der Waals surface area contributed by atoms with Gasteiger partial charge in [-0.05, 0) is 43.3 Å². The third-order valence-corrected chi connectivity index (χ3v) is 3.50. The number of aromatic nitrogens is 1. The van der Waals surface area contributed by atoms with E-state index in [1.807, 2.05) is 55.5 Å². The van der Waals surface area contributed by atoms with Crippen LogP contribution in [0.4, 0.5) is 5.69 Å². The quantitative estimate of drug-likeness (QED) is 0.790. The zero-order chi connectivity index (χ0) is 16.2. The first-order valence-electron chi connectivity index (χ1n) is 7.47. The number of nitrogens with zero attached hydrogens (tertiary/aromatic N) is 1. The molecule has 0 fully saturated rings. The molecular formula is C19H18N2O2. The van der Waals surface area contributed by atoms with Crippen LogP contribution < -0.4 is 10.1 Å². The molecule has 4 nitrogen and oxygen atoms in total. The summed E-state index contributed by atoms with van der Waals surface area (Å²) in [6, 6.07) is 17.5. The molecule has 0 saturated carbocycles. The van der Waals surface area contributed by atoms with E-state index in [-0.39, 0.29) is 5.91 Å². The third kappa shape index (κ3) is 3.66. The SMILES string of the molecule is CC(=O)Nc1ccc(OCc2cc(C)nc3ccccc23)cc1. The second-order valence-electron chi connectivity index (χ2n) is 5.43. The van der Waals surface area contributed by atoms with Gasteiger partial charge >= 0.3 is 0 Å². The first-order chi connectivity index (χ1) is 11.1. The Labute approximate surface area is 135 Å². The average molecular weight is 306 g/mol. The largest absolute Gasteiger partial charge is 0.489 e. The summed E-state index contributed by atoms with van der Waals surface area (Å²) < 4.78 is 5.87. The van der Waals surface area contributed by atoms with E-state index in [0.717, 1.165) is 33.6 Å². The van der Waals surface area contributed by atoms with Gasteiger partial charge in [-0.2, -0.15) is 0 Å². The van der Waals surface area contributed by atoms with Crippen molar-refractivity contribution in [3.8, 4) is 5.75 Å². The highest BCUT2D eigenvalue weighted by atomic mass is 16.5. The molecule has 2 aromatic carbocycles. The Morgan fingerprint density at radius 2 is 1.87 bits per heavy atom. The van der Waals surface area contributed by atoms with E-state index in [9.17, 15) is 4.79 Å². The zero-order valence-corrected chi connectivity index (χ0v) is 13.2. The molecule has 4 heteroatoms. The predicted octanol–water partition coefficient (Wildman–Crippen LogP) is 4.08. The van der Waals surface area contributed by atoms with Crippen LogP contribution in [0.1, 0.15) is 18.2 Å². The zero-order valence-electron chi connectivity index (χ0n) is 13.2. The van der Waals surface area contributed by atoms with Crippen molar-refractivity contribution < 1.29 is 9.53 Å². The number of nitrogens with one attached hydrogen (secondary N) is 1. The molecule has 0 spiro atoms. The number of ether oxygens (including phenoxy) is 1. The summed E-state index contributed by atoms with van der Waals surface area (Å²) in [5.74, 6) is 0.676. The van der Waals surface area contributed by atoms with Gasteiger partial charge in [-0.25, -0.2) is 0 Å². The Balaban J connectivity index is 1.77. The van der Waals surface area contributed by atoms with Gasteiger partial charge in [0.15, 0.2) is 0 Å². The van der Waals surface area contributed by atoms with Crippen LogP contribution in [0.2, 0.25) is 0 Å². The highest BCUT2D eigenvalue weighted by Gasteiger charge is 2.05. The van der Waals surface area contributed by atoms with Crippen LogP contribution in [0.3, 0.4) is 0 Å². The van der Waals surface area contributed by atoms with Crippen molar-refractivity contribution in [2.24, 2.45) is 0 Å². The van der Waals surface area contributed by atoms with Gasteiger partial charge < -0.3 is 10.1 Å². The molecular weight excluding hydrogens is 288 g/mol. The summed E-state index contributed by atoms with van der Waals surface area (Å²) >= 11 is 0. The molecule has 0 aliphatic rings. The molecule has 0 unspecified atom stereocenters. The minimum atomic E-state index is -0.0857. The van der Waals surface area contributed by atoms with Gasteiger partial charge in [0, 0.05) is 29.3 Å². The Morgan fingerprint density at radius 3 is 2.61 bits per heavy atom. The van der Waals surface area contributed by atoms with E-state index < -0.39 is 0 Å². The average Bonchev–Trinajstić information content (AvgIpc) is 2.53. The van der Waals surface area contributed by atoms with Gasteiger partial charge in [-0.1, -0.05) is 18.2 Å². The van der Waals surface area contributed by atoms with E-state index in [1.165, 1.54) is 6.92 Å². The van der Waals surface area contributed by atoms with E-state index >= 15 is 0 Å². The van der Waals surface area contributed by atoms with Crippen LogP contribution in [-0.4, -0.2) is 10.9 Å². The lowest BCUT2D eigenvalue weighted by molar-refractivity contribution is -0.114. The van der Waals surface area contributed by atoms with Crippen molar-refractivity contribution in [3.05, 3.63) is 65.9 Å². The number of para-hydroxylation sites is 1. The van der Waals surface area contributed by atoms with Gasteiger partial charge in [0.2, 0.25) is 5.91 Å². The molecule has 0 aliphatic heterocycles. The fraction of sp³-hybridized carbons (Fsp3) is 0.158. The molecule has 3 rings (SSSR count). The Bertz CT molecular complexity index is 842. The number of hydrogen-bond acceptors (Lipinski definition) is 3. The highest BCUT2D eigenvalue weighted by molar-refractivity contribution is 5.88. The number of rotatable bonds is 4. The molecule has 116 valence electrons. The summed E-state index contributed by atoms with van der Waals surface area (Å²) in [6.07, 6.45) is 0. The summed E-state index contributed by atoms with van der Waals surface area (Å²) in [6.45, 7) is 3.95. The highest BCUT2D eigenvalue weighted by Crippen LogP contribution is 2.21. The minimum Gasteiger partial charge on any atom is -0.489 e. The van der Waals surface area contributed by atoms with Crippen molar-refractivity contribution >= 4 is 22.5 Å². The van der Waals surface area contributed by atoms with Gasteiger partial charge in [-0.3, -0.25) is 9.78 Å². The van der Waals surface area contributed by atoms with Crippen molar-refractivity contribution in [1.29, 1.82) is 0 Å². The molecule has 0 saturated heterocycles. The summed E-state index contributed by atoms with van der Waals surface area (Å²) in [5.41, 5.74) is 3.82. The number of amides is 1. The first-order valence-corrected chi connectivity index (χ1v) is 7.47. The lowest BCUT2D eigenvalue weighted by Gasteiger charge is -2.10. The number of benzene rings is 2. The van der Waals surface area contributed by atoms with Gasteiger partial charge in [0.25, 0.3) is 0 Å². The van der Waals surface area contributed by atoms with Crippen LogP contribution in [0.25, 0.3) is 10.9 Å². The molecule has 23 heavy (non-hydrogen) atoms. The monoisotopic (exact) mass is 306 g/mol. The molecule has 0 radical (unpaired) electrons. The van der Waals surface area contributed by atoms with Crippen molar-refractivity contribution in [3.63, 3.8) is 0 Å². The van der Waals surface area contributed by atoms with Crippen molar-refractivity contribution in [2.75, 3.05) is 5.32 Å². The smallest absolute Gasteiger partial charge is 0.221 e. The number of aryl methyl sites for hydroxylation is 1. The van der Waals surface area contributed by atoms with Crippen molar-refractivity contribution in [2.45, 2.75) is 20.5 Å². The van der Waals surface area contributed by atoms with E-state index in [2.05, 4.69) is 16.4 Å². The minimum absolute atomic E-state index is 0.0857. The fourth-order valence-electron chi connectivity index (χ4n) is 2.51. The molecule has 1 amide bonds. The number of hydrogen-bond donors (Lipinski definition) is 1. The topological polar surface area (TPSA) is 51.2 Å². The maximum atomic E-state index is 11.0. The standard InChI is InChI=1S/C19H18N2O2/c1-13-11-15(18-5-3-4-6-19(18)20-13)12-23-17-9-7-16(8-10-17)21-14(2)22/h3-11H,12H2,1-2H3,(H,21,22). The van der Waals surface area contributed by atoms with E-state index in [4.69, 9.17) is 4.74 Å². The van der Waals surface area contributed by atoms with Crippen LogP contribution in [0.5, 0.6) is 5.75 Å². The van der Waals surface area contributed by atoms with E-state index in [1.54, 1.807) is 0 Å². The van der Waals surface area contributed by atoms with Crippen molar-refractivity contribution in [1.82, 2.24) is 4.98 Å². The number of carbonyl (C=O) groups is 1. The number of carbonyl (C=O) groups excluding carboxylic acids is 1. The third-order valence-electron chi connectivity index (χ3n) is 3.50. The number of anilines is 1. The van der Waals surface area contributed by atoms with Crippen LogP contribution in [0, 0.1) is 6.92 Å². The van der Waals surface area contributed by atoms with Crippen LogP contribution >= 0.6 is 0 Å². The summed E-state index contributed by atoms with van der Waals surface area (Å²) in [7, 11) is 0. The maximum absolute atomic E-state index is 11.0. The van der Waals surface area contributed by atoms with E-state index in [0.29, 0.717) is 6.61 Å². The normalized spacial score (nSPS) is 10.5. The molecule has 1 heterocycles. The molecule has 0 atom stereocenters. The molecule has 3 aromatic rings. The maximum Gasteiger partial charge on any atom is 0.221 e.